The molecule has 0 amide bonds. The van der Waals surface area contributed by atoms with Gasteiger partial charge in [-0.05, 0) is 46.2 Å². The zero-order valence-electron chi connectivity index (χ0n) is 29.6. The Hall–Kier alpha value is -4.55. The second-order valence-electron chi connectivity index (χ2n) is 14.4. The second-order valence-corrected chi connectivity index (χ2v) is 18.0. The average molecular weight is 695 g/mol. The van der Waals surface area contributed by atoms with Crippen LogP contribution in [0.1, 0.15) is 68.6 Å². The number of ketones is 1. The molecule has 0 bridgehead atoms. The average Bonchev–Trinajstić information content (AvgIpc) is 3.13. The molecule has 0 N–H and O–H groups in total. The lowest BCUT2D eigenvalue weighted by Crippen LogP contribution is -2.19. The van der Waals surface area contributed by atoms with Gasteiger partial charge in [0, 0.05) is 21.2 Å². The number of rotatable bonds is 10. The molecule has 0 saturated carbocycles. The first-order chi connectivity index (χ1) is 24.0. The summed E-state index contributed by atoms with van der Waals surface area (Å²) in [6.45, 7) is 13.1. The van der Waals surface area contributed by atoms with Crippen LogP contribution in [0.15, 0.2) is 158 Å². The van der Waals surface area contributed by atoms with Gasteiger partial charge < -0.3 is 9.05 Å². The van der Waals surface area contributed by atoms with Crippen molar-refractivity contribution in [1.82, 2.24) is 0 Å². The summed E-state index contributed by atoms with van der Waals surface area (Å²) < 4.78 is 14.1. The number of carbonyl (C=O) groups excluding carboxylic acids is 1. The zero-order chi connectivity index (χ0) is 35.3. The third-order valence-corrected chi connectivity index (χ3v) is 12.4. The summed E-state index contributed by atoms with van der Waals surface area (Å²) in [7, 11) is -2.54. The molecule has 0 saturated heterocycles. The summed E-state index contributed by atoms with van der Waals surface area (Å²) in [5.74, 6) is 1.00. The molecule has 6 aromatic rings. The van der Waals surface area contributed by atoms with Crippen molar-refractivity contribution in [3.63, 3.8) is 0 Å². The summed E-state index contributed by atoms with van der Waals surface area (Å²) in [6.07, 6.45) is 0. The van der Waals surface area contributed by atoms with E-state index in [4.69, 9.17) is 9.05 Å². The van der Waals surface area contributed by atoms with E-state index < -0.39 is 16.3 Å². The Morgan fingerprint density at radius 1 is 0.420 bits per heavy atom. The molecule has 0 aliphatic heterocycles. The highest BCUT2D eigenvalue weighted by Crippen LogP contribution is 2.44. The highest BCUT2D eigenvalue weighted by atomic mass is 31.1. The van der Waals surface area contributed by atoms with Crippen LogP contribution in [0.5, 0.6) is 11.5 Å². The summed E-state index contributed by atoms with van der Waals surface area (Å²) in [5.41, 5.74) is 2.91. The van der Waals surface area contributed by atoms with Gasteiger partial charge >= 0.3 is 0 Å². The molecule has 0 radical (unpaired) electrons. The first-order valence-corrected chi connectivity index (χ1v) is 19.5. The van der Waals surface area contributed by atoms with E-state index in [9.17, 15) is 4.79 Å². The molecule has 0 aliphatic rings. The topological polar surface area (TPSA) is 35.5 Å². The van der Waals surface area contributed by atoms with Crippen molar-refractivity contribution >= 4 is 43.3 Å². The predicted octanol–water partition coefficient (Wildman–Crippen LogP) is 10.4. The fourth-order valence-corrected chi connectivity index (χ4v) is 9.09. The minimum atomic E-state index is -1.27. The largest absolute Gasteiger partial charge is 0.464 e. The van der Waals surface area contributed by atoms with Crippen LogP contribution in [-0.2, 0) is 10.8 Å². The van der Waals surface area contributed by atoms with E-state index in [0.29, 0.717) is 22.6 Å². The van der Waals surface area contributed by atoms with E-state index in [0.717, 1.165) is 32.3 Å². The van der Waals surface area contributed by atoms with Crippen molar-refractivity contribution in [2.45, 2.75) is 52.4 Å². The van der Waals surface area contributed by atoms with Gasteiger partial charge in [-0.3, -0.25) is 4.79 Å². The Morgan fingerprint density at radius 3 is 0.960 bits per heavy atom. The third-order valence-electron chi connectivity index (χ3n) is 8.53. The number of hydrogen-bond donors (Lipinski definition) is 0. The van der Waals surface area contributed by atoms with Gasteiger partial charge in [0.15, 0.2) is 22.1 Å². The molecule has 0 spiro atoms. The lowest BCUT2D eigenvalue weighted by Gasteiger charge is -2.26. The van der Waals surface area contributed by atoms with Gasteiger partial charge in [0.2, 0.25) is 0 Å². The van der Waals surface area contributed by atoms with E-state index in [1.54, 1.807) is 0 Å². The molecule has 6 rings (SSSR count). The van der Waals surface area contributed by atoms with Gasteiger partial charge in [0.1, 0.15) is 11.5 Å². The molecule has 0 atom stereocenters. The van der Waals surface area contributed by atoms with Crippen molar-refractivity contribution in [2.75, 3.05) is 0 Å². The standard InChI is InChI=1S/C45H44O3P2/c1-44(2,3)33-27-29-39(41(31-33)47-49(35-19-11-7-12-20-35)36-21-13-8-14-22-36)43(46)40-30-28-34(45(4,5)6)32-42(40)48-50(37-23-15-9-16-24-37)38-25-17-10-18-26-38/h7-32H,1-6H3. The van der Waals surface area contributed by atoms with Gasteiger partial charge in [0.05, 0.1) is 11.1 Å². The van der Waals surface area contributed by atoms with Gasteiger partial charge in [0.25, 0.3) is 0 Å². The summed E-state index contributed by atoms with van der Waals surface area (Å²) >= 11 is 0. The lowest BCUT2D eigenvalue weighted by atomic mass is 9.84. The first kappa shape index (κ1) is 35.3. The molecule has 0 heterocycles. The number of hydrogen-bond acceptors (Lipinski definition) is 3. The van der Waals surface area contributed by atoms with Crippen molar-refractivity contribution in [1.29, 1.82) is 0 Å². The molecule has 0 fully saturated rings. The van der Waals surface area contributed by atoms with E-state index in [1.165, 1.54) is 0 Å². The Labute approximate surface area is 300 Å². The van der Waals surface area contributed by atoms with Crippen LogP contribution in [0, 0.1) is 0 Å². The van der Waals surface area contributed by atoms with E-state index in [2.05, 4.69) is 114 Å². The van der Waals surface area contributed by atoms with Crippen molar-refractivity contribution < 1.29 is 13.8 Å². The number of carbonyl (C=O) groups is 1. The van der Waals surface area contributed by atoms with Crippen LogP contribution in [0.25, 0.3) is 0 Å². The summed E-state index contributed by atoms with van der Waals surface area (Å²) in [6, 6.07) is 53.2. The molecule has 252 valence electrons. The molecule has 5 heteroatoms. The fraction of sp³-hybridized carbons (Fsp3) is 0.178. The monoisotopic (exact) mass is 694 g/mol. The Balaban J connectivity index is 1.49. The van der Waals surface area contributed by atoms with Crippen LogP contribution in [0.2, 0.25) is 0 Å². The van der Waals surface area contributed by atoms with E-state index >= 15 is 0 Å². The van der Waals surface area contributed by atoms with Crippen LogP contribution in [0.4, 0.5) is 0 Å². The predicted molar refractivity (Wildman–Crippen MR) is 213 cm³/mol. The maximum absolute atomic E-state index is 15.0. The fourth-order valence-electron chi connectivity index (χ4n) is 5.61. The van der Waals surface area contributed by atoms with Crippen LogP contribution >= 0.6 is 16.3 Å². The molecule has 3 nitrogen and oxygen atoms in total. The molecule has 0 unspecified atom stereocenters. The molecule has 0 aliphatic carbocycles. The molecule has 0 aromatic heterocycles. The molecule has 6 aromatic carbocycles. The second kappa shape index (κ2) is 15.1. The maximum atomic E-state index is 15.0. The minimum absolute atomic E-state index is 0.136. The van der Waals surface area contributed by atoms with E-state index in [-0.39, 0.29) is 16.6 Å². The van der Waals surface area contributed by atoms with Gasteiger partial charge in [-0.2, -0.15) is 0 Å². The molecular formula is C45H44O3P2. The Kier molecular flexibility index (Phi) is 10.7. The highest BCUT2D eigenvalue weighted by molar-refractivity contribution is 7.69. The van der Waals surface area contributed by atoms with Crippen molar-refractivity contribution in [3.8, 4) is 11.5 Å². The minimum Gasteiger partial charge on any atom is -0.464 e. The smallest absolute Gasteiger partial charge is 0.200 e. The Morgan fingerprint density at radius 2 is 0.700 bits per heavy atom. The van der Waals surface area contributed by atoms with Gasteiger partial charge in [-0.25, -0.2) is 0 Å². The molecule has 50 heavy (non-hydrogen) atoms. The Bertz CT molecular complexity index is 1800. The lowest BCUT2D eigenvalue weighted by molar-refractivity contribution is 0.103. The maximum Gasteiger partial charge on any atom is 0.200 e. The van der Waals surface area contributed by atoms with E-state index in [1.807, 2.05) is 84.9 Å². The third kappa shape index (κ3) is 8.24. The van der Waals surface area contributed by atoms with Crippen LogP contribution in [-0.4, -0.2) is 5.78 Å². The van der Waals surface area contributed by atoms with Crippen molar-refractivity contribution in [3.05, 3.63) is 180 Å². The first-order valence-electron chi connectivity index (χ1n) is 17.0. The summed E-state index contributed by atoms with van der Waals surface area (Å²) in [5, 5.41) is 4.29. The zero-order valence-corrected chi connectivity index (χ0v) is 31.4. The molecular weight excluding hydrogens is 650 g/mol. The number of benzene rings is 6. The van der Waals surface area contributed by atoms with Crippen molar-refractivity contribution in [2.24, 2.45) is 0 Å². The van der Waals surface area contributed by atoms with Crippen LogP contribution in [0.3, 0.4) is 0 Å². The quantitative estimate of drug-likeness (QED) is 0.106. The highest BCUT2D eigenvalue weighted by Gasteiger charge is 2.28. The summed E-state index contributed by atoms with van der Waals surface area (Å²) in [4.78, 5) is 15.0. The van der Waals surface area contributed by atoms with Crippen LogP contribution < -0.4 is 30.3 Å². The van der Waals surface area contributed by atoms with Gasteiger partial charge in [-0.1, -0.05) is 175 Å². The SMILES string of the molecule is CC(C)(C)c1ccc(C(=O)c2ccc(C(C)(C)C)cc2OP(c2ccccc2)c2ccccc2)c(OP(c2ccccc2)c2ccccc2)c1. The van der Waals surface area contributed by atoms with Gasteiger partial charge in [-0.15, -0.1) is 0 Å². The normalized spacial score (nSPS) is 11.8.